The lowest BCUT2D eigenvalue weighted by Crippen LogP contribution is -2.15. The predicted molar refractivity (Wildman–Crippen MR) is 125 cm³/mol. The van der Waals surface area contributed by atoms with Crippen molar-refractivity contribution in [2.75, 3.05) is 0 Å². The summed E-state index contributed by atoms with van der Waals surface area (Å²) >= 11 is 0. The third kappa shape index (κ3) is 4.25. The second kappa shape index (κ2) is 9.41. The third-order valence-corrected chi connectivity index (χ3v) is 7.81. The first-order valence-electron chi connectivity index (χ1n) is 12.6. The van der Waals surface area contributed by atoms with Crippen molar-refractivity contribution in [3.63, 3.8) is 0 Å². The van der Waals surface area contributed by atoms with Gasteiger partial charge in [-0.15, -0.1) is 0 Å². The van der Waals surface area contributed by atoms with Crippen LogP contribution >= 0.6 is 0 Å². The molecular weight excluding hydrogens is 406 g/mol. The molecule has 0 saturated heterocycles. The van der Waals surface area contributed by atoms with E-state index in [4.69, 9.17) is 9.15 Å². The maximum absolute atomic E-state index is 15.3. The Morgan fingerprint density at radius 1 is 0.812 bits per heavy atom. The fraction of sp³-hybridized carbons (Fsp3) is 0.571. The monoisotopic (exact) mass is 440 g/mol. The molecule has 2 aliphatic rings. The Balaban J connectivity index is 1.34. The number of furan rings is 1. The van der Waals surface area contributed by atoms with Crippen molar-refractivity contribution in [2.45, 2.75) is 90.1 Å². The summed E-state index contributed by atoms with van der Waals surface area (Å²) in [4.78, 5) is 0. The van der Waals surface area contributed by atoms with Gasteiger partial charge in [0.2, 0.25) is 5.82 Å². The van der Waals surface area contributed by atoms with Gasteiger partial charge < -0.3 is 9.15 Å². The smallest absolute Gasteiger partial charge is 0.208 e. The van der Waals surface area contributed by atoms with Crippen LogP contribution in [0.4, 0.5) is 8.78 Å². The fourth-order valence-electron chi connectivity index (χ4n) is 5.91. The Labute approximate surface area is 189 Å². The topological polar surface area (TPSA) is 22.4 Å². The van der Waals surface area contributed by atoms with Gasteiger partial charge in [0.1, 0.15) is 0 Å². The van der Waals surface area contributed by atoms with Gasteiger partial charge in [-0.2, -0.15) is 4.39 Å². The molecule has 0 bridgehead atoms. The summed E-state index contributed by atoms with van der Waals surface area (Å²) in [5.74, 6) is 0.924. The number of aryl methyl sites for hydroxylation is 1. The van der Waals surface area contributed by atoms with E-state index in [9.17, 15) is 0 Å². The van der Waals surface area contributed by atoms with Crippen LogP contribution in [-0.2, 0) is 6.42 Å². The molecule has 1 aromatic heterocycles. The predicted octanol–water partition coefficient (Wildman–Crippen LogP) is 8.72. The van der Waals surface area contributed by atoms with Crippen molar-refractivity contribution in [1.82, 2.24) is 0 Å². The summed E-state index contributed by atoms with van der Waals surface area (Å²) in [5.41, 5.74) is 0.942. The number of hydrogen-bond acceptors (Lipinski definition) is 2. The summed E-state index contributed by atoms with van der Waals surface area (Å²) in [6, 6.07) is 7.19. The molecule has 0 N–H and O–H groups in total. The van der Waals surface area contributed by atoms with Crippen LogP contribution in [0.15, 0.2) is 28.7 Å². The van der Waals surface area contributed by atoms with Crippen LogP contribution in [0, 0.1) is 23.5 Å². The van der Waals surface area contributed by atoms with E-state index < -0.39 is 5.82 Å². The van der Waals surface area contributed by atoms with Gasteiger partial charge >= 0.3 is 0 Å². The van der Waals surface area contributed by atoms with Gasteiger partial charge in [0.25, 0.3) is 0 Å². The van der Waals surface area contributed by atoms with Gasteiger partial charge in [0.05, 0.1) is 6.10 Å². The lowest BCUT2D eigenvalue weighted by molar-refractivity contribution is 0.201. The highest BCUT2D eigenvalue weighted by molar-refractivity contribution is 6.05. The molecule has 0 unspecified atom stereocenters. The number of ether oxygens (including phenoxy) is 1. The highest BCUT2D eigenvalue weighted by atomic mass is 19.1. The zero-order chi connectivity index (χ0) is 22.1. The van der Waals surface area contributed by atoms with Crippen molar-refractivity contribution >= 4 is 21.9 Å². The minimum absolute atomic E-state index is 0.0618. The molecular formula is C28H34F2O2. The van der Waals surface area contributed by atoms with Gasteiger partial charge in [-0.1, -0.05) is 51.5 Å². The Kier molecular flexibility index (Phi) is 6.39. The van der Waals surface area contributed by atoms with Gasteiger partial charge in [0, 0.05) is 10.8 Å². The van der Waals surface area contributed by atoms with Crippen LogP contribution in [0.5, 0.6) is 5.75 Å². The first-order valence-corrected chi connectivity index (χ1v) is 12.6. The summed E-state index contributed by atoms with van der Waals surface area (Å²) in [6.07, 6.45) is 13.7. The third-order valence-electron chi connectivity index (χ3n) is 7.81. The molecule has 0 spiro atoms. The largest absolute Gasteiger partial charge is 0.487 e. The molecule has 32 heavy (non-hydrogen) atoms. The van der Waals surface area contributed by atoms with Crippen molar-refractivity contribution in [1.29, 1.82) is 0 Å². The van der Waals surface area contributed by atoms with E-state index in [1.807, 2.05) is 12.1 Å². The maximum atomic E-state index is 15.3. The number of rotatable bonds is 7. The van der Waals surface area contributed by atoms with E-state index in [0.29, 0.717) is 28.7 Å². The first kappa shape index (κ1) is 21.7. The van der Waals surface area contributed by atoms with E-state index >= 15 is 8.78 Å². The molecule has 2 nitrogen and oxygen atoms in total. The number of halogens is 2. The zero-order valence-electron chi connectivity index (χ0n) is 19.1. The van der Waals surface area contributed by atoms with Crippen LogP contribution < -0.4 is 4.74 Å². The van der Waals surface area contributed by atoms with Crippen LogP contribution in [-0.4, -0.2) is 6.10 Å². The second-order valence-corrected chi connectivity index (χ2v) is 10.0. The van der Waals surface area contributed by atoms with E-state index in [1.54, 1.807) is 12.1 Å². The summed E-state index contributed by atoms with van der Waals surface area (Å²) in [6.45, 7) is 2.26. The molecule has 4 heteroatoms. The molecule has 3 aromatic rings. The van der Waals surface area contributed by atoms with E-state index in [-0.39, 0.29) is 28.8 Å². The van der Waals surface area contributed by atoms with Crippen LogP contribution in [0.1, 0.15) is 83.1 Å². The van der Waals surface area contributed by atoms with E-state index in [0.717, 1.165) is 38.0 Å². The van der Waals surface area contributed by atoms with E-state index in [1.165, 1.54) is 38.5 Å². The molecule has 172 valence electrons. The average Bonchev–Trinajstić information content (AvgIpc) is 3.45. The maximum Gasteiger partial charge on any atom is 0.208 e. The molecule has 0 radical (unpaired) electrons. The van der Waals surface area contributed by atoms with Crippen molar-refractivity contribution in [3.05, 3.63) is 41.5 Å². The normalized spacial score (nSPS) is 22.2. The Hall–Kier alpha value is -2.10. The average molecular weight is 441 g/mol. The molecule has 1 heterocycles. The Bertz CT molecular complexity index is 1070. The quantitative estimate of drug-likeness (QED) is 0.366. The van der Waals surface area contributed by atoms with Gasteiger partial charge in [0.15, 0.2) is 22.7 Å². The standard InChI is InChI=1S/C28H34F2O2/c1-2-5-18-8-10-19(11-9-18)12-13-20-14-15-22-23-16-17-24(31-21-6-3-4-7-21)26(30)28(23)32-27(22)25(20)29/h14-19,21H,2-13H2,1H3. The van der Waals surface area contributed by atoms with Crippen LogP contribution in [0.3, 0.4) is 0 Å². The molecule has 2 aliphatic carbocycles. The van der Waals surface area contributed by atoms with Crippen molar-refractivity contribution in [2.24, 2.45) is 11.8 Å². The van der Waals surface area contributed by atoms with Crippen LogP contribution in [0.2, 0.25) is 0 Å². The van der Waals surface area contributed by atoms with Gasteiger partial charge in [-0.05, 0) is 74.1 Å². The molecule has 0 aliphatic heterocycles. The minimum atomic E-state index is -0.518. The lowest BCUT2D eigenvalue weighted by atomic mass is 9.78. The second-order valence-electron chi connectivity index (χ2n) is 10.0. The Morgan fingerprint density at radius 3 is 2.12 bits per heavy atom. The van der Waals surface area contributed by atoms with Crippen molar-refractivity contribution < 1.29 is 17.9 Å². The van der Waals surface area contributed by atoms with Gasteiger partial charge in [-0.3, -0.25) is 0 Å². The SMILES string of the molecule is CCCC1CCC(CCc2ccc3c(oc4c(F)c(OC5CCCC5)ccc43)c2F)CC1. The van der Waals surface area contributed by atoms with Gasteiger partial charge in [-0.25, -0.2) is 4.39 Å². The lowest BCUT2D eigenvalue weighted by Gasteiger charge is -2.28. The highest BCUT2D eigenvalue weighted by Crippen LogP contribution is 2.38. The summed E-state index contributed by atoms with van der Waals surface area (Å²) < 4.78 is 42.1. The zero-order valence-corrected chi connectivity index (χ0v) is 19.1. The molecule has 2 fully saturated rings. The number of fused-ring (bicyclic) bond motifs is 3. The molecule has 2 saturated carbocycles. The highest BCUT2D eigenvalue weighted by Gasteiger charge is 2.24. The molecule has 5 rings (SSSR count). The van der Waals surface area contributed by atoms with E-state index in [2.05, 4.69) is 6.92 Å². The molecule has 2 aromatic carbocycles. The van der Waals surface area contributed by atoms with Crippen molar-refractivity contribution in [3.8, 4) is 5.75 Å². The minimum Gasteiger partial charge on any atom is -0.487 e. The van der Waals surface area contributed by atoms with Crippen LogP contribution in [0.25, 0.3) is 21.9 Å². The number of hydrogen-bond donors (Lipinski definition) is 0. The summed E-state index contributed by atoms with van der Waals surface area (Å²) in [7, 11) is 0. The Morgan fingerprint density at radius 2 is 1.44 bits per heavy atom. The first-order chi connectivity index (χ1) is 15.6. The number of benzene rings is 2. The summed E-state index contributed by atoms with van der Waals surface area (Å²) in [5, 5.41) is 1.24. The molecule has 0 atom stereocenters. The molecule has 0 amide bonds. The fourth-order valence-corrected chi connectivity index (χ4v) is 5.91.